The second-order valence-corrected chi connectivity index (χ2v) is 7.79. The average molecular weight is 315 g/mol. The summed E-state index contributed by atoms with van der Waals surface area (Å²) in [5, 5.41) is 3.42. The fourth-order valence-electron chi connectivity index (χ4n) is 4.71. The first kappa shape index (κ1) is 17.1. The number of nitrogens with zero attached hydrogens (tertiary/aromatic N) is 1. The molecule has 4 heteroatoms. The summed E-state index contributed by atoms with van der Waals surface area (Å²) >= 11 is 0. The molecule has 0 radical (unpaired) electrons. The molecule has 0 aromatic heterocycles. The number of halogens is 1. The molecule has 2 heterocycles. The van der Waals surface area contributed by atoms with Crippen molar-refractivity contribution in [2.75, 3.05) is 26.2 Å². The molecule has 2 unspecified atom stereocenters. The van der Waals surface area contributed by atoms with Crippen molar-refractivity contribution in [1.29, 1.82) is 0 Å². The van der Waals surface area contributed by atoms with E-state index < -0.39 is 0 Å². The largest absolute Gasteiger partial charge is 0.342 e. The van der Waals surface area contributed by atoms with Gasteiger partial charge in [-0.1, -0.05) is 20.3 Å². The van der Waals surface area contributed by atoms with Crippen molar-refractivity contribution < 1.29 is 4.79 Å². The van der Waals surface area contributed by atoms with Gasteiger partial charge in [0.15, 0.2) is 0 Å². The van der Waals surface area contributed by atoms with Crippen LogP contribution in [0.25, 0.3) is 0 Å². The molecule has 0 bridgehead atoms. The minimum Gasteiger partial charge on any atom is -0.342 e. The fourth-order valence-corrected chi connectivity index (χ4v) is 4.71. The van der Waals surface area contributed by atoms with Crippen LogP contribution >= 0.6 is 12.4 Å². The molecule has 1 amide bonds. The number of piperidine rings is 2. The van der Waals surface area contributed by atoms with E-state index in [2.05, 4.69) is 24.1 Å². The lowest BCUT2D eigenvalue weighted by Gasteiger charge is -2.41. The summed E-state index contributed by atoms with van der Waals surface area (Å²) in [6, 6.07) is 0. The van der Waals surface area contributed by atoms with Gasteiger partial charge in [-0.25, -0.2) is 0 Å². The molecule has 1 spiro atoms. The van der Waals surface area contributed by atoms with Crippen LogP contribution in [-0.4, -0.2) is 37.0 Å². The number of carbonyl (C=O) groups excluding carboxylic acids is 1. The van der Waals surface area contributed by atoms with E-state index in [9.17, 15) is 4.79 Å². The molecular weight excluding hydrogens is 284 g/mol. The fraction of sp³-hybridized carbons (Fsp3) is 0.941. The monoisotopic (exact) mass is 314 g/mol. The molecule has 0 aromatic rings. The lowest BCUT2D eigenvalue weighted by molar-refractivity contribution is -0.137. The smallest absolute Gasteiger partial charge is 0.226 e. The average Bonchev–Trinajstić information content (AvgIpc) is 3.12. The van der Waals surface area contributed by atoms with Crippen LogP contribution in [0, 0.1) is 16.7 Å². The first-order chi connectivity index (χ1) is 9.59. The van der Waals surface area contributed by atoms with E-state index in [1.54, 1.807) is 0 Å². The molecule has 1 N–H and O–H groups in total. The van der Waals surface area contributed by atoms with E-state index in [1.165, 1.54) is 38.5 Å². The molecule has 3 rings (SSSR count). The minimum atomic E-state index is 0. The molecular formula is C17H31ClN2O. The summed E-state index contributed by atoms with van der Waals surface area (Å²) in [5.74, 6) is 0.836. The zero-order valence-electron chi connectivity index (χ0n) is 13.6. The molecule has 122 valence electrons. The van der Waals surface area contributed by atoms with Crippen molar-refractivity contribution in [1.82, 2.24) is 10.2 Å². The highest BCUT2D eigenvalue weighted by Gasteiger charge is 2.58. The Labute approximate surface area is 135 Å². The first-order valence-corrected chi connectivity index (χ1v) is 8.58. The Kier molecular flexibility index (Phi) is 5.25. The highest BCUT2D eigenvalue weighted by Crippen LogP contribution is 2.59. The molecule has 3 aliphatic rings. The van der Waals surface area contributed by atoms with Crippen LogP contribution in [0.5, 0.6) is 0 Å². The Morgan fingerprint density at radius 2 is 2.00 bits per heavy atom. The maximum Gasteiger partial charge on any atom is 0.226 e. The third-order valence-corrected chi connectivity index (χ3v) is 6.03. The Morgan fingerprint density at radius 1 is 1.29 bits per heavy atom. The molecule has 2 aliphatic heterocycles. The Morgan fingerprint density at radius 3 is 2.67 bits per heavy atom. The van der Waals surface area contributed by atoms with Gasteiger partial charge in [0.05, 0.1) is 0 Å². The van der Waals surface area contributed by atoms with Gasteiger partial charge in [-0.2, -0.15) is 0 Å². The second kappa shape index (κ2) is 6.45. The van der Waals surface area contributed by atoms with E-state index >= 15 is 0 Å². The van der Waals surface area contributed by atoms with Crippen molar-refractivity contribution in [3.05, 3.63) is 0 Å². The maximum absolute atomic E-state index is 12.8. The summed E-state index contributed by atoms with van der Waals surface area (Å²) in [4.78, 5) is 15.0. The van der Waals surface area contributed by atoms with Gasteiger partial charge in [0.1, 0.15) is 0 Å². The van der Waals surface area contributed by atoms with E-state index in [0.29, 0.717) is 22.7 Å². The topological polar surface area (TPSA) is 32.3 Å². The number of hydrogen-bond acceptors (Lipinski definition) is 2. The van der Waals surface area contributed by atoms with Crippen LogP contribution in [0.3, 0.4) is 0 Å². The zero-order chi connectivity index (χ0) is 14.2. The van der Waals surface area contributed by atoms with Crippen LogP contribution in [0.4, 0.5) is 0 Å². The number of nitrogens with one attached hydrogen (secondary N) is 1. The Hall–Kier alpha value is -0.280. The third-order valence-electron chi connectivity index (χ3n) is 6.03. The summed E-state index contributed by atoms with van der Waals surface area (Å²) < 4.78 is 0. The van der Waals surface area contributed by atoms with Gasteiger partial charge < -0.3 is 10.2 Å². The van der Waals surface area contributed by atoms with E-state index in [0.717, 1.165) is 32.6 Å². The Bertz CT molecular complexity index is 377. The van der Waals surface area contributed by atoms with Gasteiger partial charge >= 0.3 is 0 Å². The highest BCUT2D eigenvalue weighted by molar-refractivity contribution is 5.85. The van der Waals surface area contributed by atoms with E-state index in [4.69, 9.17) is 0 Å². The van der Waals surface area contributed by atoms with Gasteiger partial charge in [-0.05, 0) is 62.4 Å². The van der Waals surface area contributed by atoms with Crippen LogP contribution < -0.4 is 5.32 Å². The van der Waals surface area contributed by atoms with Gasteiger partial charge in [-0.3, -0.25) is 4.79 Å². The van der Waals surface area contributed by atoms with Gasteiger partial charge in [0.25, 0.3) is 0 Å². The third kappa shape index (κ3) is 3.39. The van der Waals surface area contributed by atoms with Crippen molar-refractivity contribution in [3.8, 4) is 0 Å². The zero-order valence-corrected chi connectivity index (χ0v) is 14.4. The normalized spacial score (nSPS) is 34.4. The number of hydrogen-bond donors (Lipinski definition) is 1. The van der Waals surface area contributed by atoms with Crippen molar-refractivity contribution >= 4 is 18.3 Å². The number of rotatable bonds is 3. The first-order valence-electron chi connectivity index (χ1n) is 8.58. The predicted octanol–water partition coefficient (Wildman–Crippen LogP) is 3.23. The van der Waals surface area contributed by atoms with Crippen molar-refractivity contribution in [2.24, 2.45) is 16.7 Å². The van der Waals surface area contributed by atoms with E-state index in [1.807, 2.05) is 0 Å². The van der Waals surface area contributed by atoms with Crippen LogP contribution in [0.15, 0.2) is 0 Å². The number of carbonyl (C=O) groups is 1. The number of likely N-dealkylation sites (tertiary alicyclic amines) is 1. The summed E-state index contributed by atoms with van der Waals surface area (Å²) in [6.45, 7) is 8.86. The van der Waals surface area contributed by atoms with Crippen LogP contribution in [0.1, 0.15) is 58.8 Å². The lowest BCUT2D eigenvalue weighted by Crippen LogP contribution is -2.46. The van der Waals surface area contributed by atoms with Gasteiger partial charge in [0, 0.05) is 19.0 Å². The summed E-state index contributed by atoms with van der Waals surface area (Å²) in [7, 11) is 0. The molecule has 0 aromatic carbocycles. The van der Waals surface area contributed by atoms with Crippen molar-refractivity contribution in [2.45, 2.75) is 58.8 Å². The quantitative estimate of drug-likeness (QED) is 0.867. The number of amides is 1. The predicted molar refractivity (Wildman–Crippen MR) is 88.7 cm³/mol. The van der Waals surface area contributed by atoms with Crippen LogP contribution in [0.2, 0.25) is 0 Å². The molecule has 1 aliphatic carbocycles. The highest BCUT2D eigenvalue weighted by atomic mass is 35.5. The van der Waals surface area contributed by atoms with E-state index in [-0.39, 0.29) is 12.4 Å². The van der Waals surface area contributed by atoms with Gasteiger partial charge in [-0.15, -0.1) is 12.4 Å². The molecule has 3 nitrogen and oxygen atoms in total. The minimum absolute atomic E-state index is 0. The lowest BCUT2D eigenvalue weighted by atomic mass is 9.78. The standard InChI is InChI=1S/C17H30N2O.ClH/c1-3-5-16(2)6-4-11-19(13-16)15(20)14-12-17(14)7-9-18-10-8-17;/h14,18H,3-13H2,1-2H3;1H. The molecule has 2 saturated heterocycles. The molecule has 3 fully saturated rings. The summed E-state index contributed by atoms with van der Waals surface area (Å²) in [5.41, 5.74) is 0.764. The van der Waals surface area contributed by atoms with Crippen LogP contribution in [-0.2, 0) is 4.79 Å². The molecule has 21 heavy (non-hydrogen) atoms. The maximum atomic E-state index is 12.8. The SMILES string of the molecule is CCCC1(C)CCCN(C(=O)C2CC23CCNCC3)C1.Cl. The van der Waals surface area contributed by atoms with Gasteiger partial charge in [0.2, 0.25) is 5.91 Å². The Balaban J connectivity index is 0.00000161. The molecule has 2 atom stereocenters. The summed E-state index contributed by atoms with van der Waals surface area (Å²) in [6.07, 6.45) is 8.57. The second-order valence-electron chi connectivity index (χ2n) is 7.79. The molecule has 1 saturated carbocycles. The van der Waals surface area contributed by atoms with Crippen molar-refractivity contribution in [3.63, 3.8) is 0 Å².